The van der Waals surface area contributed by atoms with Crippen molar-refractivity contribution in [1.29, 1.82) is 0 Å². The van der Waals surface area contributed by atoms with Crippen LogP contribution in [0, 0.1) is 0 Å². The van der Waals surface area contributed by atoms with Gasteiger partial charge in [-0.25, -0.2) is 4.79 Å². The van der Waals surface area contributed by atoms with Crippen LogP contribution in [0.15, 0.2) is 17.5 Å². The van der Waals surface area contributed by atoms with Gasteiger partial charge in [-0.15, -0.1) is 11.3 Å². The summed E-state index contributed by atoms with van der Waals surface area (Å²) in [6, 6.07) is 3.82. The molecular formula is C15H21N3O2S. The summed E-state index contributed by atoms with van der Waals surface area (Å²) in [6.45, 7) is 1.16. The minimum absolute atomic E-state index is 0.0110. The van der Waals surface area contributed by atoms with Gasteiger partial charge in [-0.3, -0.25) is 9.69 Å². The maximum Gasteiger partial charge on any atom is 0.327 e. The molecule has 6 heteroatoms. The second kappa shape index (κ2) is 5.77. The molecule has 2 saturated heterocycles. The predicted molar refractivity (Wildman–Crippen MR) is 82.2 cm³/mol. The van der Waals surface area contributed by atoms with Gasteiger partial charge in [0.05, 0.1) is 12.6 Å². The van der Waals surface area contributed by atoms with E-state index in [9.17, 15) is 9.59 Å². The van der Waals surface area contributed by atoms with E-state index in [1.807, 2.05) is 25.5 Å². The number of carbonyl (C=O) groups excluding carboxylic acids is 2. The lowest BCUT2D eigenvalue weighted by molar-refractivity contribution is -0.129. The van der Waals surface area contributed by atoms with Gasteiger partial charge < -0.3 is 9.80 Å². The standard InChI is InChI=1S/C15H21N3O2S/c1-16(2)12(13-7-5-9-21-13)10-18-14(19)11-6-3-4-8-17(11)15(18)20/h5,7,9,11-12H,3-4,6,8,10H2,1-2H3/t11-,12+/m0/s1. The molecule has 0 radical (unpaired) electrons. The van der Waals surface area contributed by atoms with Gasteiger partial charge in [-0.05, 0) is 44.8 Å². The average molecular weight is 307 g/mol. The highest BCUT2D eigenvalue weighted by Crippen LogP contribution is 2.30. The number of rotatable bonds is 4. The second-order valence-electron chi connectivity index (χ2n) is 5.93. The number of imide groups is 1. The molecule has 0 bridgehead atoms. The zero-order valence-electron chi connectivity index (χ0n) is 12.5. The Hall–Kier alpha value is -1.40. The molecule has 1 aromatic heterocycles. The number of amides is 3. The molecule has 2 atom stereocenters. The molecule has 3 heterocycles. The van der Waals surface area contributed by atoms with E-state index >= 15 is 0 Å². The molecule has 0 N–H and O–H groups in total. The molecule has 2 aliphatic rings. The van der Waals surface area contributed by atoms with Crippen molar-refractivity contribution in [3.05, 3.63) is 22.4 Å². The Kier molecular flexibility index (Phi) is 3.99. The lowest BCUT2D eigenvalue weighted by Gasteiger charge is -2.27. The summed E-state index contributed by atoms with van der Waals surface area (Å²) >= 11 is 1.67. The van der Waals surface area contributed by atoms with Crippen LogP contribution < -0.4 is 0 Å². The van der Waals surface area contributed by atoms with Crippen LogP contribution in [0.25, 0.3) is 0 Å². The van der Waals surface area contributed by atoms with Crippen LogP contribution in [0.5, 0.6) is 0 Å². The molecule has 0 spiro atoms. The lowest BCUT2D eigenvalue weighted by atomic mass is 10.0. The van der Waals surface area contributed by atoms with Crippen LogP contribution in [-0.4, -0.2) is 59.9 Å². The minimum Gasteiger partial charge on any atom is -0.312 e. The molecule has 2 fully saturated rings. The van der Waals surface area contributed by atoms with Crippen molar-refractivity contribution in [3.63, 3.8) is 0 Å². The monoisotopic (exact) mass is 307 g/mol. The first-order valence-electron chi connectivity index (χ1n) is 7.41. The first-order chi connectivity index (χ1) is 10.1. The van der Waals surface area contributed by atoms with Gasteiger partial charge in [-0.1, -0.05) is 6.07 Å². The summed E-state index contributed by atoms with van der Waals surface area (Å²) in [5.74, 6) is -0.0110. The van der Waals surface area contributed by atoms with E-state index in [2.05, 4.69) is 11.0 Å². The van der Waals surface area contributed by atoms with Crippen molar-refractivity contribution in [2.24, 2.45) is 0 Å². The summed E-state index contributed by atoms with van der Waals surface area (Å²) in [6.07, 6.45) is 2.86. The molecule has 21 heavy (non-hydrogen) atoms. The maximum absolute atomic E-state index is 12.5. The Morgan fingerprint density at radius 1 is 1.38 bits per heavy atom. The highest BCUT2D eigenvalue weighted by molar-refractivity contribution is 7.10. The van der Waals surface area contributed by atoms with E-state index in [4.69, 9.17) is 0 Å². The zero-order chi connectivity index (χ0) is 15.0. The quantitative estimate of drug-likeness (QED) is 0.801. The van der Waals surface area contributed by atoms with Crippen LogP contribution in [0.4, 0.5) is 4.79 Å². The fourth-order valence-electron chi connectivity index (χ4n) is 3.18. The normalized spacial score (nSPS) is 23.9. The molecule has 0 unspecified atom stereocenters. The summed E-state index contributed by atoms with van der Waals surface area (Å²) in [5, 5.41) is 2.03. The van der Waals surface area contributed by atoms with Crippen LogP contribution >= 0.6 is 11.3 Å². The number of fused-ring (bicyclic) bond motifs is 1. The third-order valence-corrected chi connectivity index (χ3v) is 5.35. The summed E-state index contributed by atoms with van der Waals surface area (Å²) in [5.41, 5.74) is 0. The van der Waals surface area contributed by atoms with Crippen LogP contribution in [0.1, 0.15) is 30.2 Å². The van der Waals surface area contributed by atoms with Crippen LogP contribution in [0.2, 0.25) is 0 Å². The smallest absolute Gasteiger partial charge is 0.312 e. The Morgan fingerprint density at radius 2 is 2.19 bits per heavy atom. The number of hydrogen-bond acceptors (Lipinski definition) is 4. The molecule has 0 aromatic carbocycles. The van der Waals surface area contributed by atoms with E-state index in [1.165, 1.54) is 9.78 Å². The number of nitrogens with zero attached hydrogens (tertiary/aromatic N) is 3. The van der Waals surface area contributed by atoms with E-state index in [1.54, 1.807) is 16.2 Å². The average Bonchev–Trinajstić information content (AvgIpc) is 3.07. The van der Waals surface area contributed by atoms with Crippen molar-refractivity contribution in [2.45, 2.75) is 31.3 Å². The van der Waals surface area contributed by atoms with Gasteiger partial charge >= 0.3 is 6.03 Å². The first kappa shape index (κ1) is 14.5. The highest BCUT2D eigenvalue weighted by Gasteiger charge is 2.46. The van der Waals surface area contributed by atoms with E-state index in [0.29, 0.717) is 6.54 Å². The summed E-state index contributed by atoms with van der Waals surface area (Å²) in [4.78, 5) is 31.5. The summed E-state index contributed by atoms with van der Waals surface area (Å²) < 4.78 is 0. The summed E-state index contributed by atoms with van der Waals surface area (Å²) in [7, 11) is 3.98. The molecule has 0 aliphatic carbocycles. The van der Waals surface area contributed by atoms with Gasteiger partial charge in [-0.2, -0.15) is 0 Å². The number of hydrogen-bond donors (Lipinski definition) is 0. The Balaban J connectivity index is 1.80. The predicted octanol–water partition coefficient (Wildman–Crippen LogP) is 2.17. The molecule has 114 valence electrons. The fourth-order valence-corrected chi connectivity index (χ4v) is 4.09. The van der Waals surface area contributed by atoms with E-state index in [0.717, 1.165) is 25.8 Å². The minimum atomic E-state index is -0.211. The number of likely N-dealkylation sites (N-methyl/N-ethyl adjacent to an activating group) is 1. The van der Waals surface area contributed by atoms with Crippen molar-refractivity contribution in [3.8, 4) is 0 Å². The Bertz CT molecular complexity index is 505. The van der Waals surface area contributed by atoms with Crippen molar-refractivity contribution in [2.75, 3.05) is 27.2 Å². The Morgan fingerprint density at radius 3 is 2.81 bits per heavy atom. The number of thiophene rings is 1. The van der Waals surface area contributed by atoms with E-state index in [-0.39, 0.29) is 24.0 Å². The SMILES string of the molecule is CN(C)[C@H](CN1C(=O)[C@@H]2CCCCN2C1=O)c1cccs1. The molecule has 1 aromatic rings. The van der Waals surface area contributed by atoms with Gasteiger partial charge in [0.25, 0.3) is 5.91 Å². The van der Waals surface area contributed by atoms with Crippen molar-refractivity contribution >= 4 is 23.3 Å². The van der Waals surface area contributed by atoms with Crippen molar-refractivity contribution in [1.82, 2.24) is 14.7 Å². The third kappa shape index (κ3) is 2.58. The largest absolute Gasteiger partial charge is 0.327 e. The van der Waals surface area contributed by atoms with Gasteiger partial charge in [0.2, 0.25) is 0 Å². The molecule has 5 nitrogen and oxygen atoms in total. The van der Waals surface area contributed by atoms with Crippen LogP contribution in [0.3, 0.4) is 0 Å². The molecule has 2 aliphatic heterocycles. The topological polar surface area (TPSA) is 43.9 Å². The number of piperidine rings is 1. The van der Waals surface area contributed by atoms with Gasteiger partial charge in [0, 0.05) is 11.4 Å². The van der Waals surface area contributed by atoms with Crippen LogP contribution in [-0.2, 0) is 4.79 Å². The zero-order valence-corrected chi connectivity index (χ0v) is 13.3. The van der Waals surface area contributed by atoms with Gasteiger partial charge in [0.1, 0.15) is 6.04 Å². The maximum atomic E-state index is 12.5. The first-order valence-corrected chi connectivity index (χ1v) is 8.29. The molecule has 3 amide bonds. The third-order valence-electron chi connectivity index (χ3n) is 4.38. The Labute approximate surface area is 129 Å². The van der Waals surface area contributed by atoms with Gasteiger partial charge in [0.15, 0.2) is 0 Å². The molecular weight excluding hydrogens is 286 g/mol. The fraction of sp³-hybridized carbons (Fsp3) is 0.600. The lowest BCUT2D eigenvalue weighted by Crippen LogP contribution is -2.39. The molecule has 3 rings (SSSR count). The van der Waals surface area contributed by atoms with Crippen molar-refractivity contribution < 1.29 is 9.59 Å². The number of urea groups is 1. The highest BCUT2D eigenvalue weighted by atomic mass is 32.1. The molecule has 0 saturated carbocycles. The van der Waals surface area contributed by atoms with E-state index < -0.39 is 0 Å². The second-order valence-corrected chi connectivity index (χ2v) is 6.91. The number of carbonyl (C=O) groups is 2.